The smallest absolute Gasteiger partial charge is 0.255 e. The van der Waals surface area contributed by atoms with Crippen molar-refractivity contribution in [1.82, 2.24) is 14.8 Å². The molecule has 1 aromatic carbocycles. The molecule has 1 aliphatic heterocycles. The lowest BCUT2D eigenvalue weighted by Crippen LogP contribution is -2.50. The van der Waals surface area contributed by atoms with Crippen molar-refractivity contribution in [2.75, 3.05) is 31.5 Å². The zero-order valence-electron chi connectivity index (χ0n) is 14.2. The third-order valence-electron chi connectivity index (χ3n) is 4.15. The predicted molar refractivity (Wildman–Crippen MR) is 102 cm³/mol. The van der Waals surface area contributed by atoms with E-state index >= 15 is 0 Å². The molecular formula is C18H18Cl2N4O2. The Morgan fingerprint density at radius 2 is 1.54 bits per heavy atom. The summed E-state index contributed by atoms with van der Waals surface area (Å²) in [4.78, 5) is 31.7. The SMILES string of the molecule is CC(=O)N1CCN(C(=O)c2cncc(Nc3cc(Cl)cc(Cl)c3)c2)CC1. The molecule has 0 radical (unpaired) electrons. The molecule has 0 aliphatic carbocycles. The van der Waals surface area contributed by atoms with Gasteiger partial charge in [-0.3, -0.25) is 14.6 Å². The van der Waals surface area contributed by atoms with Crippen molar-refractivity contribution in [3.63, 3.8) is 0 Å². The van der Waals surface area contributed by atoms with E-state index in [1.54, 1.807) is 47.2 Å². The summed E-state index contributed by atoms with van der Waals surface area (Å²) in [6, 6.07) is 6.86. The van der Waals surface area contributed by atoms with Gasteiger partial charge in [0.25, 0.3) is 5.91 Å². The largest absolute Gasteiger partial charge is 0.354 e. The predicted octanol–water partition coefficient (Wildman–Crippen LogP) is 3.44. The minimum Gasteiger partial charge on any atom is -0.354 e. The first-order valence-electron chi connectivity index (χ1n) is 8.15. The van der Waals surface area contributed by atoms with E-state index in [-0.39, 0.29) is 11.8 Å². The van der Waals surface area contributed by atoms with Crippen LogP contribution in [0.4, 0.5) is 11.4 Å². The van der Waals surface area contributed by atoms with Crippen LogP contribution in [0.25, 0.3) is 0 Å². The number of benzene rings is 1. The number of aromatic nitrogens is 1. The topological polar surface area (TPSA) is 65.5 Å². The third kappa shape index (κ3) is 4.45. The van der Waals surface area contributed by atoms with E-state index in [2.05, 4.69) is 10.3 Å². The van der Waals surface area contributed by atoms with Crippen LogP contribution >= 0.6 is 23.2 Å². The molecule has 0 spiro atoms. The summed E-state index contributed by atoms with van der Waals surface area (Å²) in [5.74, 6) is -0.0707. The van der Waals surface area contributed by atoms with E-state index in [1.165, 1.54) is 6.20 Å². The van der Waals surface area contributed by atoms with Crippen LogP contribution in [0.2, 0.25) is 10.0 Å². The van der Waals surface area contributed by atoms with Gasteiger partial charge in [-0.2, -0.15) is 0 Å². The molecule has 8 heteroatoms. The number of carbonyl (C=O) groups excluding carboxylic acids is 2. The molecule has 1 N–H and O–H groups in total. The molecule has 1 saturated heterocycles. The highest BCUT2D eigenvalue weighted by molar-refractivity contribution is 6.35. The lowest BCUT2D eigenvalue weighted by molar-refractivity contribution is -0.130. The standard InChI is InChI=1S/C18H18Cl2N4O2/c1-12(25)23-2-4-24(5-3-23)18(26)13-6-17(11-21-10-13)22-16-8-14(19)7-15(20)9-16/h6-11,22H,2-5H2,1H3. The summed E-state index contributed by atoms with van der Waals surface area (Å²) in [5, 5.41) is 4.19. The van der Waals surface area contributed by atoms with Crippen LogP contribution in [0.5, 0.6) is 0 Å². The molecule has 3 rings (SSSR count). The maximum absolute atomic E-state index is 12.7. The molecule has 0 unspecified atom stereocenters. The minimum atomic E-state index is -0.103. The van der Waals surface area contributed by atoms with E-state index in [0.717, 1.165) is 0 Å². The average Bonchev–Trinajstić information content (AvgIpc) is 2.60. The third-order valence-corrected chi connectivity index (χ3v) is 4.59. The molecule has 0 saturated carbocycles. The number of piperazine rings is 1. The van der Waals surface area contributed by atoms with Crippen molar-refractivity contribution in [3.05, 3.63) is 52.3 Å². The van der Waals surface area contributed by atoms with Crippen LogP contribution < -0.4 is 5.32 Å². The number of hydrogen-bond acceptors (Lipinski definition) is 4. The number of nitrogens with zero attached hydrogens (tertiary/aromatic N) is 3. The second-order valence-corrected chi connectivity index (χ2v) is 6.92. The van der Waals surface area contributed by atoms with E-state index in [4.69, 9.17) is 23.2 Å². The Labute approximate surface area is 161 Å². The van der Waals surface area contributed by atoms with E-state index in [0.29, 0.717) is 53.2 Å². The van der Waals surface area contributed by atoms with Crippen molar-refractivity contribution >= 4 is 46.4 Å². The van der Waals surface area contributed by atoms with Crippen LogP contribution in [0, 0.1) is 0 Å². The van der Waals surface area contributed by atoms with Crippen LogP contribution in [0.3, 0.4) is 0 Å². The Hall–Kier alpha value is -2.31. The first-order chi connectivity index (χ1) is 12.4. The highest BCUT2D eigenvalue weighted by Crippen LogP contribution is 2.25. The van der Waals surface area contributed by atoms with Crippen LogP contribution in [-0.4, -0.2) is 52.8 Å². The van der Waals surface area contributed by atoms with Gasteiger partial charge < -0.3 is 15.1 Å². The number of amides is 2. The van der Waals surface area contributed by atoms with E-state index in [1.807, 2.05) is 0 Å². The van der Waals surface area contributed by atoms with Gasteiger partial charge in [-0.25, -0.2) is 0 Å². The molecule has 26 heavy (non-hydrogen) atoms. The molecular weight excluding hydrogens is 375 g/mol. The van der Waals surface area contributed by atoms with Gasteiger partial charge in [-0.05, 0) is 24.3 Å². The monoisotopic (exact) mass is 392 g/mol. The molecule has 0 atom stereocenters. The second-order valence-electron chi connectivity index (χ2n) is 6.04. The fourth-order valence-electron chi connectivity index (χ4n) is 2.82. The Kier molecular flexibility index (Phi) is 5.64. The Morgan fingerprint density at radius 3 is 2.15 bits per heavy atom. The Balaban J connectivity index is 1.71. The molecule has 1 aromatic heterocycles. The molecule has 0 bridgehead atoms. The van der Waals surface area contributed by atoms with E-state index < -0.39 is 0 Å². The molecule has 1 fully saturated rings. The number of halogens is 2. The van der Waals surface area contributed by atoms with Gasteiger partial charge in [0.05, 0.1) is 17.4 Å². The fraction of sp³-hybridized carbons (Fsp3) is 0.278. The van der Waals surface area contributed by atoms with Gasteiger partial charge in [0.2, 0.25) is 5.91 Å². The number of rotatable bonds is 3. The summed E-state index contributed by atoms with van der Waals surface area (Å²) in [6.07, 6.45) is 3.16. The second kappa shape index (κ2) is 7.93. The molecule has 1 aliphatic rings. The highest BCUT2D eigenvalue weighted by atomic mass is 35.5. The van der Waals surface area contributed by atoms with Crippen molar-refractivity contribution in [3.8, 4) is 0 Å². The van der Waals surface area contributed by atoms with Gasteiger partial charge in [-0.1, -0.05) is 23.2 Å². The summed E-state index contributed by atoms with van der Waals surface area (Å²) < 4.78 is 0. The van der Waals surface area contributed by atoms with Crippen LogP contribution in [0.15, 0.2) is 36.7 Å². The maximum atomic E-state index is 12.7. The summed E-state index contributed by atoms with van der Waals surface area (Å²) >= 11 is 12.0. The van der Waals surface area contributed by atoms with Crippen molar-refractivity contribution < 1.29 is 9.59 Å². The van der Waals surface area contributed by atoms with Crippen LogP contribution in [0.1, 0.15) is 17.3 Å². The quantitative estimate of drug-likeness (QED) is 0.868. The summed E-state index contributed by atoms with van der Waals surface area (Å²) in [7, 11) is 0. The number of carbonyl (C=O) groups is 2. The number of nitrogens with one attached hydrogen (secondary N) is 1. The van der Waals surface area contributed by atoms with Gasteiger partial charge >= 0.3 is 0 Å². The average molecular weight is 393 g/mol. The van der Waals surface area contributed by atoms with Gasteiger partial charge in [0.15, 0.2) is 0 Å². The lowest BCUT2D eigenvalue weighted by Gasteiger charge is -2.34. The Morgan fingerprint density at radius 1 is 0.923 bits per heavy atom. The van der Waals surface area contributed by atoms with Crippen molar-refractivity contribution in [2.45, 2.75) is 6.92 Å². The fourth-order valence-corrected chi connectivity index (χ4v) is 3.35. The first-order valence-corrected chi connectivity index (χ1v) is 8.91. The zero-order chi connectivity index (χ0) is 18.7. The maximum Gasteiger partial charge on any atom is 0.255 e. The van der Waals surface area contributed by atoms with E-state index in [9.17, 15) is 9.59 Å². The molecule has 2 heterocycles. The molecule has 2 aromatic rings. The zero-order valence-corrected chi connectivity index (χ0v) is 15.7. The summed E-state index contributed by atoms with van der Waals surface area (Å²) in [5.41, 5.74) is 1.86. The van der Waals surface area contributed by atoms with Crippen molar-refractivity contribution in [2.24, 2.45) is 0 Å². The van der Waals surface area contributed by atoms with Gasteiger partial charge in [0.1, 0.15) is 0 Å². The lowest BCUT2D eigenvalue weighted by atomic mass is 10.2. The Bertz CT molecular complexity index is 815. The number of hydrogen-bond donors (Lipinski definition) is 1. The van der Waals surface area contributed by atoms with Crippen molar-refractivity contribution in [1.29, 1.82) is 0 Å². The minimum absolute atomic E-state index is 0.0325. The highest BCUT2D eigenvalue weighted by Gasteiger charge is 2.23. The molecule has 136 valence electrons. The normalized spacial score (nSPS) is 14.3. The molecule has 2 amide bonds. The van der Waals surface area contributed by atoms with Crippen LogP contribution in [-0.2, 0) is 4.79 Å². The van der Waals surface area contributed by atoms with Gasteiger partial charge in [0, 0.05) is 55.0 Å². The molecule has 6 nitrogen and oxygen atoms in total. The summed E-state index contributed by atoms with van der Waals surface area (Å²) in [6.45, 7) is 3.67. The first kappa shape index (κ1) is 18.5. The number of anilines is 2. The number of pyridine rings is 1. The van der Waals surface area contributed by atoms with Gasteiger partial charge in [-0.15, -0.1) is 0 Å².